The van der Waals surface area contributed by atoms with Crippen molar-refractivity contribution in [3.05, 3.63) is 29.8 Å². The van der Waals surface area contributed by atoms with Gasteiger partial charge < -0.3 is 9.47 Å². The van der Waals surface area contributed by atoms with Crippen LogP contribution in [0.4, 0.5) is 0 Å². The molecule has 0 saturated heterocycles. The van der Waals surface area contributed by atoms with Gasteiger partial charge in [-0.3, -0.25) is 0 Å². The topological polar surface area (TPSA) is 35.5 Å². The lowest BCUT2D eigenvalue weighted by Crippen LogP contribution is -2.14. The molecule has 0 aromatic heterocycles. The average Bonchev–Trinajstić information content (AvgIpc) is 2.29. The van der Waals surface area contributed by atoms with Gasteiger partial charge in [0.2, 0.25) is 0 Å². The molecular formula is C12H15BrO3. The minimum Gasteiger partial charge on any atom is -0.482 e. The van der Waals surface area contributed by atoms with E-state index < -0.39 is 0 Å². The smallest absolute Gasteiger partial charge is 0.344 e. The number of esters is 1. The molecule has 0 bridgehead atoms. The molecular weight excluding hydrogens is 272 g/mol. The molecule has 0 atom stereocenters. The highest BCUT2D eigenvalue weighted by Gasteiger charge is 2.02. The Bertz CT molecular complexity index is 322. The third kappa shape index (κ3) is 4.66. The Hall–Kier alpha value is -1.03. The van der Waals surface area contributed by atoms with Crippen molar-refractivity contribution in [2.45, 2.75) is 13.3 Å². The van der Waals surface area contributed by atoms with Crippen molar-refractivity contribution in [3.8, 4) is 5.75 Å². The minimum absolute atomic E-state index is 0.0361. The molecule has 0 N–H and O–H groups in total. The van der Waals surface area contributed by atoms with Gasteiger partial charge in [0.25, 0.3) is 0 Å². The number of alkyl halides is 1. The maximum absolute atomic E-state index is 11.0. The maximum atomic E-state index is 11.0. The van der Waals surface area contributed by atoms with Gasteiger partial charge in [0.15, 0.2) is 6.61 Å². The van der Waals surface area contributed by atoms with E-state index in [-0.39, 0.29) is 12.6 Å². The molecule has 16 heavy (non-hydrogen) atoms. The summed E-state index contributed by atoms with van der Waals surface area (Å²) in [6, 6.07) is 7.69. The first-order chi connectivity index (χ1) is 7.76. The van der Waals surface area contributed by atoms with Gasteiger partial charge >= 0.3 is 5.97 Å². The highest BCUT2D eigenvalue weighted by atomic mass is 79.9. The van der Waals surface area contributed by atoms with Crippen molar-refractivity contribution in [2.24, 2.45) is 0 Å². The Morgan fingerprint density at radius 2 is 2.00 bits per heavy atom. The second kappa shape index (κ2) is 7.28. The summed E-state index contributed by atoms with van der Waals surface area (Å²) in [6.45, 7) is 2.12. The highest BCUT2D eigenvalue weighted by Crippen LogP contribution is 2.13. The largest absolute Gasteiger partial charge is 0.482 e. The summed E-state index contributed by atoms with van der Waals surface area (Å²) < 4.78 is 10.0. The van der Waals surface area contributed by atoms with E-state index in [9.17, 15) is 4.79 Å². The van der Waals surface area contributed by atoms with E-state index >= 15 is 0 Å². The molecule has 0 unspecified atom stereocenters. The van der Waals surface area contributed by atoms with Crippen LogP contribution in [0.15, 0.2) is 24.3 Å². The van der Waals surface area contributed by atoms with E-state index in [0.717, 1.165) is 11.8 Å². The van der Waals surface area contributed by atoms with Crippen LogP contribution in [0, 0.1) is 0 Å². The summed E-state index contributed by atoms with van der Waals surface area (Å²) in [5.41, 5.74) is 1.24. The Morgan fingerprint density at radius 3 is 2.56 bits per heavy atom. The lowest BCUT2D eigenvalue weighted by Gasteiger charge is -2.06. The Morgan fingerprint density at radius 1 is 1.31 bits per heavy atom. The van der Waals surface area contributed by atoms with Gasteiger partial charge in [0, 0.05) is 5.33 Å². The van der Waals surface area contributed by atoms with E-state index in [1.54, 1.807) is 6.92 Å². The third-order valence-corrected chi connectivity index (χ3v) is 2.37. The molecule has 0 fully saturated rings. The fraction of sp³-hybridized carbons (Fsp3) is 0.417. The van der Waals surface area contributed by atoms with Crippen LogP contribution >= 0.6 is 15.9 Å². The minimum atomic E-state index is -0.341. The number of rotatable bonds is 6. The summed E-state index contributed by atoms with van der Waals surface area (Å²) in [5.74, 6) is 0.346. The van der Waals surface area contributed by atoms with E-state index in [4.69, 9.17) is 9.47 Å². The number of carbonyl (C=O) groups excluding carboxylic acids is 1. The van der Waals surface area contributed by atoms with Crippen molar-refractivity contribution in [2.75, 3.05) is 18.5 Å². The molecule has 1 aromatic carbocycles. The van der Waals surface area contributed by atoms with Crippen molar-refractivity contribution in [3.63, 3.8) is 0 Å². The zero-order chi connectivity index (χ0) is 11.8. The zero-order valence-corrected chi connectivity index (χ0v) is 10.8. The molecule has 0 saturated carbocycles. The SMILES string of the molecule is CCOC(=O)COc1ccc(CCBr)cc1. The van der Waals surface area contributed by atoms with E-state index in [1.807, 2.05) is 24.3 Å². The molecule has 3 nitrogen and oxygen atoms in total. The van der Waals surface area contributed by atoms with E-state index in [0.29, 0.717) is 12.4 Å². The van der Waals surface area contributed by atoms with Crippen molar-refractivity contribution in [1.82, 2.24) is 0 Å². The number of aryl methyl sites for hydroxylation is 1. The number of halogens is 1. The van der Waals surface area contributed by atoms with Gasteiger partial charge in [0.05, 0.1) is 6.61 Å². The van der Waals surface area contributed by atoms with Crippen LogP contribution in [0.3, 0.4) is 0 Å². The molecule has 0 amide bonds. The number of ether oxygens (including phenoxy) is 2. The van der Waals surface area contributed by atoms with Gasteiger partial charge in [-0.05, 0) is 31.0 Å². The van der Waals surface area contributed by atoms with E-state index in [1.165, 1.54) is 5.56 Å². The fourth-order valence-electron chi connectivity index (χ4n) is 1.21. The zero-order valence-electron chi connectivity index (χ0n) is 9.24. The molecule has 0 radical (unpaired) electrons. The third-order valence-electron chi connectivity index (χ3n) is 1.97. The van der Waals surface area contributed by atoms with Gasteiger partial charge in [-0.2, -0.15) is 0 Å². The summed E-state index contributed by atoms with van der Waals surface area (Å²) in [4.78, 5) is 11.0. The highest BCUT2D eigenvalue weighted by molar-refractivity contribution is 9.09. The summed E-state index contributed by atoms with van der Waals surface area (Å²) in [7, 11) is 0. The van der Waals surface area contributed by atoms with Gasteiger partial charge in [-0.25, -0.2) is 4.79 Å². The van der Waals surface area contributed by atoms with Gasteiger partial charge in [-0.1, -0.05) is 28.1 Å². The summed E-state index contributed by atoms with van der Waals surface area (Å²) in [6.07, 6.45) is 0.984. The number of benzene rings is 1. The molecule has 0 aliphatic carbocycles. The maximum Gasteiger partial charge on any atom is 0.344 e. The molecule has 0 heterocycles. The van der Waals surface area contributed by atoms with Gasteiger partial charge in [-0.15, -0.1) is 0 Å². The first kappa shape index (κ1) is 13.0. The number of carbonyl (C=O) groups is 1. The van der Waals surface area contributed by atoms with Crippen LogP contribution in [0.1, 0.15) is 12.5 Å². The predicted octanol–water partition coefficient (Wildman–Crippen LogP) is 2.57. The molecule has 1 rings (SSSR count). The molecule has 0 spiro atoms. The first-order valence-corrected chi connectivity index (χ1v) is 6.31. The monoisotopic (exact) mass is 286 g/mol. The van der Waals surface area contributed by atoms with Crippen LogP contribution in [0.5, 0.6) is 5.75 Å². The Balaban J connectivity index is 2.40. The summed E-state index contributed by atoms with van der Waals surface area (Å²) in [5, 5.41) is 0.941. The van der Waals surface area contributed by atoms with Crippen LogP contribution in [0.25, 0.3) is 0 Å². The molecule has 1 aromatic rings. The first-order valence-electron chi connectivity index (χ1n) is 5.19. The average molecular weight is 287 g/mol. The lowest BCUT2D eigenvalue weighted by molar-refractivity contribution is -0.145. The number of hydrogen-bond donors (Lipinski definition) is 0. The second-order valence-corrected chi connectivity index (χ2v) is 3.97. The predicted molar refractivity (Wildman–Crippen MR) is 66.1 cm³/mol. The molecule has 4 heteroatoms. The van der Waals surface area contributed by atoms with Crippen LogP contribution in [0.2, 0.25) is 0 Å². The lowest BCUT2D eigenvalue weighted by atomic mass is 10.2. The van der Waals surface area contributed by atoms with Crippen LogP contribution in [-0.2, 0) is 16.0 Å². The molecule has 88 valence electrons. The van der Waals surface area contributed by atoms with Crippen LogP contribution < -0.4 is 4.74 Å². The van der Waals surface area contributed by atoms with E-state index in [2.05, 4.69) is 15.9 Å². The number of hydrogen-bond acceptors (Lipinski definition) is 3. The molecule has 0 aliphatic rings. The fourth-order valence-corrected chi connectivity index (χ4v) is 1.66. The Kier molecular flexibility index (Phi) is 5.93. The summed E-state index contributed by atoms with van der Waals surface area (Å²) >= 11 is 3.38. The standard InChI is InChI=1S/C12H15BrO3/c1-2-15-12(14)9-16-11-5-3-10(4-6-11)7-8-13/h3-6H,2,7-9H2,1H3. The van der Waals surface area contributed by atoms with Gasteiger partial charge in [0.1, 0.15) is 5.75 Å². The van der Waals surface area contributed by atoms with Crippen molar-refractivity contribution in [1.29, 1.82) is 0 Å². The Labute approximate surface area is 104 Å². The second-order valence-electron chi connectivity index (χ2n) is 3.18. The van der Waals surface area contributed by atoms with Crippen molar-refractivity contribution >= 4 is 21.9 Å². The van der Waals surface area contributed by atoms with Crippen LogP contribution in [-0.4, -0.2) is 24.5 Å². The van der Waals surface area contributed by atoms with Crippen molar-refractivity contribution < 1.29 is 14.3 Å². The quantitative estimate of drug-likeness (QED) is 0.596. The normalized spacial score (nSPS) is 9.88. The molecule has 0 aliphatic heterocycles.